The lowest BCUT2D eigenvalue weighted by Crippen LogP contribution is -2.33. The van der Waals surface area contributed by atoms with Gasteiger partial charge >= 0.3 is 6.18 Å². The highest BCUT2D eigenvalue weighted by atomic mass is 19.4. The first kappa shape index (κ1) is 13.3. The summed E-state index contributed by atoms with van der Waals surface area (Å²) in [5, 5.41) is 6.86. The molecule has 0 aliphatic carbocycles. The van der Waals surface area contributed by atoms with Crippen molar-refractivity contribution < 1.29 is 17.7 Å². The van der Waals surface area contributed by atoms with E-state index in [4.69, 9.17) is 4.52 Å². The first-order valence-corrected chi connectivity index (χ1v) is 6.08. The lowest BCUT2D eigenvalue weighted by Gasteiger charge is -2.26. The van der Waals surface area contributed by atoms with E-state index in [1.807, 2.05) is 0 Å². The Bertz CT molecular complexity index is 391. The van der Waals surface area contributed by atoms with Crippen LogP contribution in [0.5, 0.6) is 0 Å². The van der Waals surface area contributed by atoms with Crippen molar-refractivity contribution in [1.82, 2.24) is 15.5 Å². The molecule has 0 aromatic carbocycles. The van der Waals surface area contributed by atoms with Gasteiger partial charge in [-0.2, -0.15) is 18.2 Å². The van der Waals surface area contributed by atoms with Gasteiger partial charge in [-0.05, 0) is 25.3 Å². The molecule has 0 bridgehead atoms. The van der Waals surface area contributed by atoms with Crippen molar-refractivity contribution in [3.63, 3.8) is 0 Å². The topological polar surface area (TPSA) is 51.0 Å². The van der Waals surface area contributed by atoms with E-state index in [9.17, 15) is 13.2 Å². The van der Waals surface area contributed by atoms with Gasteiger partial charge in [0.05, 0.1) is 12.5 Å². The Morgan fingerprint density at radius 1 is 1.44 bits per heavy atom. The zero-order valence-electron chi connectivity index (χ0n) is 10.1. The van der Waals surface area contributed by atoms with Crippen molar-refractivity contribution in [3.05, 3.63) is 11.7 Å². The maximum Gasteiger partial charge on any atom is 0.389 e. The average Bonchev–Trinajstić information content (AvgIpc) is 2.75. The third kappa shape index (κ3) is 3.44. The van der Waals surface area contributed by atoms with Gasteiger partial charge in [-0.25, -0.2) is 0 Å². The Morgan fingerprint density at radius 3 is 2.89 bits per heavy atom. The molecule has 0 spiro atoms. The van der Waals surface area contributed by atoms with Crippen LogP contribution in [-0.4, -0.2) is 22.9 Å². The van der Waals surface area contributed by atoms with Crippen molar-refractivity contribution >= 4 is 0 Å². The summed E-state index contributed by atoms with van der Waals surface area (Å²) >= 11 is 0. The number of piperidine rings is 1. The molecule has 2 unspecified atom stereocenters. The number of halogens is 3. The highest BCUT2D eigenvalue weighted by Crippen LogP contribution is 2.28. The third-order valence-electron chi connectivity index (χ3n) is 3.15. The molecule has 0 amide bonds. The van der Waals surface area contributed by atoms with Crippen LogP contribution in [-0.2, 0) is 6.42 Å². The third-order valence-corrected chi connectivity index (χ3v) is 3.15. The SMILES string of the molecule is CC1CCCNC1c1nc(CCC(F)(F)F)no1. The fourth-order valence-electron chi connectivity index (χ4n) is 2.13. The van der Waals surface area contributed by atoms with Crippen LogP contribution in [0, 0.1) is 5.92 Å². The van der Waals surface area contributed by atoms with E-state index in [1.54, 1.807) is 0 Å². The van der Waals surface area contributed by atoms with Crippen LogP contribution < -0.4 is 5.32 Å². The first-order valence-electron chi connectivity index (χ1n) is 6.08. The van der Waals surface area contributed by atoms with Crippen molar-refractivity contribution in [1.29, 1.82) is 0 Å². The Balaban J connectivity index is 1.97. The summed E-state index contributed by atoms with van der Waals surface area (Å²) in [5.41, 5.74) is 0. The van der Waals surface area contributed by atoms with E-state index in [1.165, 1.54) is 0 Å². The number of hydrogen-bond donors (Lipinski definition) is 1. The van der Waals surface area contributed by atoms with Gasteiger partial charge in [0, 0.05) is 6.42 Å². The molecule has 2 atom stereocenters. The summed E-state index contributed by atoms with van der Waals surface area (Å²) in [5.74, 6) is 0.885. The minimum absolute atomic E-state index is 0.0362. The molecule has 0 saturated carbocycles. The van der Waals surface area contributed by atoms with Crippen molar-refractivity contribution in [2.24, 2.45) is 5.92 Å². The maximum absolute atomic E-state index is 12.1. The number of aromatic nitrogens is 2. The minimum atomic E-state index is -4.18. The predicted octanol–water partition coefficient (Wildman–Crippen LogP) is 2.63. The summed E-state index contributed by atoms with van der Waals surface area (Å²) in [6.45, 7) is 2.94. The second kappa shape index (κ2) is 5.26. The van der Waals surface area contributed by atoms with E-state index in [0.717, 1.165) is 19.4 Å². The van der Waals surface area contributed by atoms with Gasteiger partial charge in [0.15, 0.2) is 5.82 Å². The van der Waals surface area contributed by atoms with E-state index in [2.05, 4.69) is 22.4 Å². The van der Waals surface area contributed by atoms with Crippen molar-refractivity contribution in [2.45, 2.75) is 44.8 Å². The zero-order chi connectivity index (χ0) is 13.2. The van der Waals surface area contributed by atoms with E-state index < -0.39 is 12.6 Å². The predicted molar refractivity (Wildman–Crippen MR) is 57.8 cm³/mol. The number of hydrogen-bond acceptors (Lipinski definition) is 4. The van der Waals surface area contributed by atoms with E-state index in [0.29, 0.717) is 11.8 Å². The molecule has 1 aromatic heterocycles. The van der Waals surface area contributed by atoms with E-state index >= 15 is 0 Å². The molecule has 1 aliphatic rings. The number of nitrogens with one attached hydrogen (secondary N) is 1. The fraction of sp³-hybridized carbons (Fsp3) is 0.818. The molecule has 2 rings (SSSR count). The first-order chi connectivity index (χ1) is 8.46. The highest BCUT2D eigenvalue weighted by molar-refractivity contribution is 4.97. The van der Waals surface area contributed by atoms with Gasteiger partial charge in [0.1, 0.15) is 0 Å². The molecule has 1 N–H and O–H groups in total. The molecular weight excluding hydrogens is 247 g/mol. The Hall–Kier alpha value is -1.11. The van der Waals surface area contributed by atoms with Gasteiger partial charge in [-0.3, -0.25) is 0 Å². The van der Waals surface area contributed by atoms with Crippen LogP contribution in [0.4, 0.5) is 13.2 Å². The average molecular weight is 263 g/mol. The van der Waals surface area contributed by atoms with Crippen molar-refractivity contribution in [2.75, 3.05) is 6.54 Å². The summed E-state index contributed by atoms with van der Waals surface area (Å²) in [4.78, 5) is 4.05. The summed E-state index contributed by atoms with van der Waals surface area (Å²) in [6.07, 6.45) is -3.18. The van der Waals surface area contributed by atoms with Crippen LogP contribution in [0.2, 0.25) is 0 Å². The molecule has 0 radical (unpaired) electrons. The molecule has 102 valence electrons. The fourth-order valence-corrected chi connectivity index (χ4v) is 2.13. The largest absolute Gasteiger partial charge is 0.389 e. The minimum Gasteiger partial charge on any atom is -0.338 e. The standard InChI is InChI=1S/C11H16F3N3O/c1-7-3-2-6-15-9(7)10-16-8(17-18-10)4-5-11(12,13)14/h7,9,15H,2-6H2,1H3. The van der Waals surface area contributed by atoms with Crippen LogP contribution in [0.1, 0.15) is 43.9 Å². The number of rotatable bonds is 3. The highest BCUT2D eigenvalue weighted by Gasteiger charge is 2.30. The molecule has 7 heteroatoms. The molecule has 4 nitrogen and oxygen atoms in total. The van der Waals surface area contributed by atoms with Gasteiger partial charge in [0.2, 0.25) is 5.89 Å². The molecule has 1 aliphatic heterocycles. The lowest BCUT2D eigenvalue weighted by molar-refractivity contribution is -0.134. The van der Waals surface area contributed by atoms with Crippen molar-refractivity contribution in [3.8, 4) is 0 Å². The summed E-state index contributed by atoms with van der Waals surface area (Å²) in [7, 11) is 0. The van der Waals surface area contributed by atoms with Crippen LogP contribution >= 0.6 is 0 Å². The molecular formula is C11H16F3N3O. The second-order valence-electron chi connectivity index (χ2n) is 4.72. The summed E-state index contributed by atoms with van der Waals surface area (Å²) in [6, 6.07) is -0.0362. The molecule has 2 heterocycles. The van der Waals surface area contributed by atoms with Crippen LogP contribution in [0.3, 0.4) is 0 Å². The smallest absolute Gasteiger partial charge is 0.338 e. The number of nitrogens with zero attached hydrogens (tertiary/aromatic N) is 2. The zero-order valence-corrected chi connectivity index (χ0v) is 10.1. The lowest BCUT2D eigenvalue weighted by atomic mass is 9.93. The number of alkyl halides is 3. The Labute approximate surface area is 103 Å². The normalized spacial score (nSPS) is 25.3. The molecule has 1 aromatic rings. The maximum atomic E-state index is 12.1. The Kier molecular flexibility index (Phi) is 3.89. The van der Waals surface area contributed by atoms with E-state index in [-0.39, 0.29) is 18.3 Å². The molecule has 1 fully saturated rings. The molecule has 18 heavy (non-hydrogen) atoms. The monoisotopic (exact) mass is 263 g/mol. The second-order valence-corrected chi connectivity index (χ2v) is 4.72. The van der Waals surface area contributed by atoms with Gasteiger partial charge < -0.3 is 9.84 Å². The van der Waals surface area contributed by atoms with Crippen LogP contribution in [0.25, 0.3) is 0 Å². The van der Waals surface area contributed by atoms with Crippen LogP contribution in [0.15, 0.2) is 4.52 Å². The van der Waals surface area contributed by atoms with Gasteiger partial charge in [-0.1, -0.05) is 12.1 Å². The quantitative estimate of drug-likeness (QED) is 0.910. The van der Waals surface area contributed by atoms with Gasteiger partial charge in [-0.15, -0.1) is 0 Å². The Morgan fingerprint density at radius 2 is 2.22 bits per heavy atom. The summed E-state index contributed by atoms with van der Waals surface area (Å²) < 4.78 is 41.2. The van der Waals surface area contributed by atoms with Gasteiger partial charge in [0.25, 0.3) is 0 Å². The number of aryl methyl sites for hydroxylation is 1. The molecule has 1 saturated heterocycles.